The van der Waals surface area contributed by atoms with Crippen LogP contribution in [0.15, 0.2) is 42.7 Å². The van der Waals surface area contributed by atoms with E-state index in [9.17, 15) is 0 Å². The van der Waals surface area contributed by atoms with Crippen LogP contribution in [0.25, 0.3) is 11.4 Å². The summed E-state index contributed by atoms with van der Waals surface area (Å²) in [5.74, 6) is 3.72. The highest BCUT2D eigenvalue weighted by molar-refractivity contribution is 7.98. The fourth-order valence-corrected chi connectivity index (χ4v) is 6.24. The Morgan fingerprint density at radius 2 is 1.08 bits per heavy atom. The van der Waals surface area contributed by atoms with Gasteiger partial charge >= 0.3 is 0 Å². The third kappa shape index (κ3) is 15.1. The van der Waals surface area contributed by atoms with Crippen LogP contribution < -0.4 is 4.57 Å². The Morgan fingerprint density at radius 3 is 1.62 bits per heavy atom. The van der Waals surface area contributed by atoms with Gasteiger partial charge in [-0.2, -0.15) is 0 Å². The molecule has 0 N–H and O–H groups in total. The maximum atomic E-state index is 2.50. The maximum absolute atomic E-state index is 2.50. The molecule has 2 rings (SSSR count). The molecule has 1 heterocycles. The molecule has 0 atom stereocenters. The van der Waals surface area contributed by atoms with Crippen molar-refractivity contribution < 1.29 is 4.57 Å². The molecule has 0 saturated carbocycles. The predicted octanol–water partition coefficient (Wildman–Crippen LogP) is 11.0. The number of aryl methyl sites for hydroxylation is 1. The van der Waals surface area contributed by atoms with Gasteiger partial charge in [0, 0.05) is 0 Å². The zero-order chi connectivity index (χ0) is 26.2. The van der Waals surface area contributed by atoms with Gasteiger partial charge in [0.05, 0.1) is 12.1 Å². The van der Waals surface area contributed by atoms with Crippen LogP contribution in [0.5, 0.6) is 0 Å². The molecule has 0 spiro atoms. The number of hydrogen-bond donors (Lipinski definition) is 0. The van der Waals surface area contributed by atoms with Gasteiger partial charge in [0.2, 0.25) is 0 Å². The average Bonchev–Trinajstić information content (AvgIpc) is 3.33. The Morgan fingerprint density at radius 1 is 0.595 bits per heavy atom. The molecule has 1 aromatic carbocycles. The van der Waals surface area contributed by atoms with Crippen LogP contribution in [0.4, 0.5) is 0 Å². The van der Waals surface area contributed by atoms with E-state index in [-0.39, 0.29) is 0 Å². The lowest BCUT2D eigenvalue weighted by Gasteiger charge is -2.07. The van der Waals surface area contributed by atoms with Gasteiger partial charge in [-0.1, -0.05) is 141 Å². The summed E-state index contributed by atoms with van der Waals surface area (Å²) in [6, 6.07) is 11.0. The highest BCUT2D eigenvalue weighted by atomic mass is 32.2. The van der Waals surface area contributed by atoms with Crippen LogP contribution >= 0.6 is 11.8 Å². The zero-order valence-corrected chi connectivity index (χ0v) is 25.4. The number of thioether (sulfide) groups is 1. The van der Waals surface area contributed by atoms with E-state index < -0.39 is 0 Å². The lowest BCUT2D eigenvalue weighted by molar-refractivity contribution is -0.664. The van der Waals surface area contributed by atoms with E-state index in [2.05, 4.69) is 77.5 Å². The first kappa shape index (κ1) is 32.0. The first-order chi connectivity index (χ1) is 18.4. The van der Waals surface area contributed by atoms with Crippen LogP contribution in [0.3, 0.4) is 0 Å². The lowest BCUT2D eigenvalue weighted by atomic mass is 10.1. The monoisotopic (exact) mass is 527 g/mol. The fourth-order valence-electron chi connectivity index (χ4n) is 5.29. The SMILES string of the molecule is CCCCCCCCCCCCSC[n+]1ccn(CCCCCCCCCCCC)c1-c1ccccc1. The van der Waals surface area contributed by atoms with Gasteiger partial charge in [0.1, 0.15) is 18.3 Å². The highest BCUT2D eigenvalue weighted by Crippen LogP contribution is 2.19. The topological polar surface area (TPSA) is 8.81 Å². The van der Waals surface area contributed by atoms with E-state index in [4.69, 9.17) is 0 Å². The quantitative estimate of drug-likeness (QED) is 0.0921. The van der Waals surface area contributed by atoms with Gasteiger partial charge in [-0.05, 0) is 37.1 Å². The lowest BCUT2D eigenvalue weighted by Crippen LogP contribution is -2.33. The molecular weight excluding hydrogens is 468 g/mol. The molecule has 0 unspecified atom stereocenters. The fraction of sp³-hybridized carbons (Fsp3) is 0.735. The molecule has 2 aromatic rings. The summed E-state index contributed by atoms with van der Waals surface area (Å²) in [6.45, 7) is 5.73. The van der Waals surface area contributed by atoms with E-state index in [1.54, 1.807) is 0 Å². The minimum absolute atomic E-state index is 1.06. The smallest absolute Gasteiger partial charge is 0.230 e. The van der Waals surface area contributed by atoms with Crippen LogP contribution in [-0.2, 0) is 12.4 Å². The van der Waals surface area contributed by atoms with Crippen molar-refractivity contribution in [3.8, 4) is 11.4 Å². The second kappa shape index (κ2) is 22.7. The standard InChI is InChI=1S/C34H59N2S/c1-3-5-7-9-11-13-15-17-19-24-28-35-29-30-36(34(35)33-26-22-21-23-27-33)32-37-31-25-20-18-16-14-12-10-8-6-4-2/h21-23,26-27,29-30H,3-20,24-25,28,31-32H2,1-2H3/q+1. The van der Waals surface area contributed by atoms with E-state index in [1.807, 2.05) is 0 Å². The Labute approximate surface area is 235 Å². The molecule has 3 heteroatoms. The average molecular weight is 528 g/mol. The number of rotatable bonds is 25. The van der Waals surface area contributed by atoms with Gasteiger partial charge in [0.15, 0.2) is 0 Å². The minimum atomic E-state index is 1.06. The highest BCUT2D eigenvalue weighted by Gasteiger charge is 2.18. The Balaban J connectivity index is 1.65. The van der Waals surface area contributed by atoms with Crippen molar-refractivity contribution in [2.45, 2.75) is 155 Å². The number of aromatic nitrogens is 2. The Bertz CT molecular complexity index is 754. The third-order valence-electron chi connectivity index (χ3n) is 7.63. The number of benzene rings is 1. The van der Waals surface area contributed by atoms with Gasteiger partial charge in [-0.3, -0.25) is 0 Å². The summed E-state index contributed by atoms with van der Waals surface area (Å²) in [7, 11) is 0. The van der Waals surface area contributed by atoms with E-state index in [0.29, 0.717) is 0 Å². The van der Waals surface area contributed by atoms with Gasteiger partial charge in [-0.15, -0.1) is 11.8 Å². The van der Waals surface area contributed by atoms with Crippen molar-refractivity contribution in [2.24, 2.45) is 0 Å². The molecule has 0 fully saturated rings. The molecule has 0 aliphatic carbocycles. The maximum Gasteiger partial charge on any atom is 0.289 e. The van der Waals surface area contributed by atoms with Crippen molar-refractivity contribution in [3.63, 3.8) is 0 Å². The molecule has 0 aliphatic rings. The second-order valence-electron chi connectivity index (χ2n) is 11.1. The predicted molar refractivity (Wildman–Crippen MR) is 166 cm³/mol. The molecular formula is C34H59N2S+. The summed E-state index contributed by atoms with van der Waals surface area (Å²) in [5, 5.41) is 0. The van der Waals surface area contributed by atoms with Crippen LogP contribution in [0.1, 0.15) is 142 Å². The molecule has 0 bridgehead atoms. The molecule has 2 nitrogen and oxygen atoms in total. The largest absolute Gasteiger partial charge is 0.289 e. The molecule has 1 aromatic heterocycles. The number of nitrogens with zero attached hydrogens (tertiary/aromatic N) is 2. The summed E-state index contributed by atoms with van der Waals surface area (Å²) in [4.78, 5) is 0. The second-order valence-corrected chi connectivity index (χ2v) is 12.1. The summed E-state index contributed by atoms with van der Waals surface area (Å²) in [5.41, 5.74) is 1.35. The van der Waals surface area contributed by atoms with Gasteiger partial charge in [-0.25, -0.2) is 9.13 Å². The normalized spacial score (nSPS) is 11.4. The van der Waals surface area contributed by atoms with Crippen LogP contribution in [-0.4, -0.2) is 10.3 Å². The van der Waals surface area contributed by atoms with Crippen molar-refractivity contribution >= 4 is 11.8 Å². The number of hydrogen-bond acceptors (Lipinski definition) is 1. The first-order valence-electron chi connectivity index (χ1n) is 16.1. The van der Waals surface area contributed by atoms with Gasteiger partial charge in [0.25, 0.3) is 5.82 Å². The molecule has 37 heavy (non-hydrogen) atoms. The van der Waals surface area contributed by atoms with E-state index in [0.717, 1.165) is 12.4 Å². The Kier molecular flexibility index (Phi) is 19.7. The van der Waals surface area contributed by atoms with Crippen molar-refractivity contribution in [2.75, 3.05) is 5.75 Å². The molecule has 0 saturated heterocycles. The van der Waals surface area contributed by atoms with Crippen molar-refractivity contribution in [3.05, 3.63) is 42.7 Å². The first-order valence-corrected chi connectivity index (χ1v) is 17.2. The molecule has 0 amide bonds. The van der Waals surface area contributed by atoms with Gasteiger partial charge < -0.3 is 0 Å². The molecule has 0 aliphatic heterocycles. The molecule has 210 valence electrons. The van der Waals surface area contributed by atoms with E-state index >= 15 is 0 Å². The summed E-state index contributed by atoms with van der Waals surface area (Å²) >= 11 is 2.10. The third-order valence-corrected chi connectivity index (χ3v) is 8.67. The minimum Gasteiger partial charge on any atom is -0.230 e. The number of imidazole rings is 1. The van der Waals surface area contributed by atoms with E-state index in [1.165, 1.54) is 146 Å². The van der Waals surface area contributed by atoms with Crippen LogP contribution in [0.2, 0.25) is 0 Å². The molecule has 0 radical (unpaired) electrons. The Hall–Kier alpha value is -1.22. The van der Waals surface area contributed by atoms with Crippen molar-refractivity contribution in [1.29, 1.82) is 0 Å². The van der Waals surface area contributed by atoms with Crippen molar-refractivity contribution in [1.82, 2.24) is 4.57 Å². The number of unbranched alkanes of at least 4 members (excludes halogenated alkanes) is 18. The summed E-state index contributed by atoms with van der Waals surface area (Å²) in [6.07, 6.45) is 32.8. The van der Waals surface area contributed by atoms with Crippen LogP contribution in [0, 0.1) is 0 Å². The summed E-state index contributed by atoms with van der Waals surface area (Å²) < 4.78 is 4.98. The zero-order valence-electron chi connectivity index (χ0n) is 24.6.